The van der Waals surface area contributed by atoms with Crippen LogP contribution in [-0.4, -0.2) is 0 Å². The number of hydrogen-bond donors (Lipinski definition) is 0. The summed E-state index contributed by atoms with van der Waals surface area (Å²) in [6, 6.07) is 29.7. The molecule has 0 nitrogen and oxygen atoms in total. The Bertz CT molecular complexity index is 971. The molecule has 110 valence electrons. The van der Waals surface area contributed by atoms with E-state index in [4.69, 9.17) is 0 Å². The summed E-state index contributed by atoms with van der Waals surface area (Å²) < 4.78 is 13.6. The van der Waals surface area contributed by atoms with Crippen molar-refractivity contribution in [3.05, 3.63) is 96.8 Å². The van der Waals surface area contributed by atoms with Gasteiger partial charge in [-0.25, -0.2) is 4.39 Å². The lowest BCUT2D eigenvalue weighted by molar-refractivity contribution is 0.628. The first kappa shape index (κ1) is 13.7. The molecule has 0 aliphatic carbocycles. The minimum atomic E-state index is -0.211. The van der Waals surface area contributed by atoms with Crippen LogP contribution in [0.2, 0.25) is 0 Å². The third kappa shape index (κ3) is 2.62. The maximum atomic E-state index is 13.6. The van der Waals surface area contributed by atoms with Crippen LogP contribution in [0.1, 0.15) is 0 Å². The summed E-state index contributed by atoms with van der Waals surface area (Å²) in [5.41, 5.74) is 4.26. The van der Waals surface area contributed by atoms with Gasteiger partial charge in [-0.2, -0.15) is 0 Å². The van der Waals surface area contributed by atoms with Crippen LogP contribution in [0.3, 0.4) is 0 Å². The molecule has 0 radical (unpaired) electrons. The van der Waals surface area contributed by atoms with E-state index in [0.717, 1.165) is 16.5 Å². The Morgan fingerprint density at radius 2 is 1.26 bits per heavy atom. The number of benzene rings is 4. The fraction of sp³-hybridized carbons (Fsp3) is 0. The zero-order valence-corrected chi connectivity index (χ0v) is 12.5. The molecule has 0 aliphatic rings. The van der Waals surface area contributed by atoms with Crippen molar-refractivity contribution in [1.29, 1.82) is 0 Å². The van der Waals surface area contributed by atoms with E-state index in [1.54, 1.807) is 12.1 Å². The molecule has 0 saturated heterocycles. The minimum absolute atomic E-state index is 0.211. The Morgan fingerprint density at radius 1 is 0.522 bits per heavy atom. The van der Waals surface area contributed by atoms with Crippen molar-refractivity contribution in [3.63, 3.8) is 0 Å². The van der Waals surface area contributed by atoms with Crippen molar-refractivity contribution in [2.75, 3.05) is 0 Å². The van der Waals surface area contributed by atoms with Crippen LogP contribution in [0, 0.1) is 5.82 Å². The number of halogens is 1. The summed E-state index contributed by atoms with van der Waals surface area (Å²) in [4.78, 5) is 0. The van der Waals surface area contributed by atoms with Gasteiger partial charge in [0, 0.05) is 0 Å². The lowest BCUT2D eigenvalue weighted by atomic mass is 9.93. The second-order valence-electron chi connectivity index (χ2n) is 5.62. The van der Waals surface area contributed by atoms with Gasteiger partial charge in [-0.1, -0.05) is 66.7 Å². The predicted molar refractivity (Wildman–Crippen MR) is 94.8 cm³/mol. The first-order chi connectivity index (χ1) is 11.3. The Hall–Kier alpha value is -2.93. The second kappa shape index (κ2) is 5.69. The van der Waals surface area contributed by atoms with Crippen LogP contribution in [0.5, 0.6) is 0 Å². The van der Waals surface area contributed by atoms with Gasteiger partial charge in [0.25, 0.3) is 0 Å². The van der Waals surface area contributed by atoms with Gasteiger partial charge in [0.15, 0.2) is 0 Å². The van der Waals surface area contributed by atoms with Crippen LogP contribution in [0.4, 0.5) is 4.39 Å². The van der Waals surface area contributed by atoms with E-state index in [0.29, 0.717) is 0 Å². The SMILES string of the molecule is Fc1cccc(-c2cc(-c3ccccc3)c3ccccc3c2)c1. The summed E-state index contributed by atoms with van der Waals surface area (Å²) in [5, 5.41) is 2.37. The van der Waals surface area contributed by atoms with Crippen LogP contribution >= 0.6 is 0 Å². The van der Waals surface area contributed by atoms with E-state index in [1.165, 1.54) is 22.6 Å². The van der Waals surface area contributed by atoms with E-state index < -0.39 is 0 Å². The highest BCUT2D eigenvalue weighted by Gasteiger charge is 2.08. The average Bonchev–Trinajstić information content (AvgIpc) is 2.61. The highest BCUT2D eigenvalue weighted by molar-refractivity contribution is 6.00. The number of fused-ring (bicyclic) bond motifs is 1. The standard InChI is InChI=1S/C22H15F/c23-20-11-6-10-17(14-20)19-13-18-9-4-5-12-21(18)22(15-19)16-7-2-1-3-8-16/h1-15H. The molecule has 0 spiro atoms. The summed E-state index contributed by atoms with van der Waals surface area (Å²) in [5.74, 6) is -0.211. The van der Waals surface area contributed by atoms with Gasteiger partial charge >= 0.3 is 0 Å². The van der Waals surface area contributed by atoms with Crippen LogP contribution in [0.25, 0.3) is 33.0 Å². The van der Waals surface area contributed by atoms with Gasteiger partial charge in [0.1, 0.15) is 5.82 Å². The zero-order valence-electron chi connectivity index (χ0n) is 12.5. The Labute approximate surface area is 134 Å². The highest BCUT2D eigenvalue weighted by atomic mass is 19.1. The fourth-order valence-corrected chi connectivity index (χ4v) is 3.00. The van der Waals surface area contributed by atoms with E-state index in [2.05, 4.69) is 42.5 Å². The molecule has 0 atom stereocenters. The zero-order chi connectivity index (χ0) is 15.6. The van der Waals surface area contributed by atoms with Crippen molar-refractivity contribution in [1.82, 2.24) is 0 Å². The molecule has 4 rings (SSSR count). The molecule has 0 aromatic heterocycles. The van der Waals surface area contributed by atoms with Gasteiger partial charge in [-0.3, -0.25) is 0 Å². The van der Waals surface area contributed by atoms with E-state index in [-0.39, 0.29) is 5.82 Å². The smallest absolute Gasteiger partial charge is 0.123 e. The summed E-state index contributed by atoms with van der Waals surface area (Å²) in [7, 11) is 0. The largest absolute Gasteiger partial charge is 0.207 e. The van der Waals surface area contributed by atoms with E-state index >= 15 is 0 Å². The minimum Gasteiger partial charge on any atom is -0.207 e. The van der Waals surface area contributed by atoms with E-state index in [9.17, 15) is 4.39 Å². The first-order valence-electron chi connectivity index (χ1n) is 7.65. The van der Waals surface area contributed by atoms with Crippen molar-refractivity contribution >= 4 is 10.8 Å². The monoisotopic (exact) mass is 298 g/mol. The molecule has 0 heterocycles. The molecular weight excluding hydrogens is 283 g/mol. The summed E-state index contributed by atoms with van der Waals surface area (Å²) in [6.45, 7) is 0. The molecule has 0 aliphatic heterocycles. The Balaban J connectivity index is 2.01. The predicted octanol–water partition coefficient (Wildman–Crippen LogP) is 6.31. The molecule has 0 amide bonds. The maximum absolute atomic E-state index is 13.6. The molecule has 0 fully saturated rings. The molecule has 1 heteroatoms. The molecule has 4 aromatic rings. The number of rotatable bonds is 2. The molecule has 23 heavy (non-hydrogen) atoms. The lowest BCUT2D eigenvalue weighted by Gasteiger charge is -2.11. The van der Waals surface area contributed by atoms with Crippen molar-refractivity contribution in [2.24, 2.45) is 0 Å². The van der Waals surface area contributed by atoms with Crippen LogP contribution < -0.4 is 0 Å². The molecule has 0 unspecified atom stereocenters. The van der Waals surface area contributed by atoms with Gasteiger partial charge < -0.3 is 0 Å². The molecule has 0 saturated carbocycles. The normalized spacial score (nSPS) is 10.8. The molecular formula is C22H15F. The van der Waals surface area contributed by atoms with Crippen molar-refractivity contribution < 1.29 is 4.39 Å². The second-order valence-corrected chi connectivity index (χ2v) is 5.62. The average molecular weight is 298 g/mol. The van der Waals surface area contributed by atoms with Gasteiger partial charge in [-0.05, 0) is 57.3 Å². The lowest BCUT2D eigenvalue weighted by Crippen LogP contribution is -1.86. The molecule has 4 aromatic carbocycles. The van der Waals surface area contributed by atoms with Gasteiger partial charge in [-0.15, -0.1) is 0 Å². The Kier molecular flexibility index (Phi) is 3.39. The Morgan fingerprint density at radius 3 is 2.09 bits per heavy atom. The first-order valence-corrected chi connectivity index (χ1v) is 7.65. The quantitative estimate of drug-likeness (QED) is 0.406. The molecule has 0 bridgehead atoms. The highest BCUT2D eigenvalue weighted by Crippen LogP contribution is 2.34. The van der Waals surface area contributed by atoms with E-state index in [1.807, 2.05) is 30.3 Å². The molecule has 0 N–H and O–H groups in total. The summed E-state index contributed by atoms with van der Waals surface area (Å²) in [6.07, 6.45) is 0. The van der Waals surface area contributed by atoms with Crippen molar-refractivity contribution in [2.45, 2.75) is 0 Å². The fourth-order valence-electron chi connectivity index (χ4n) is 3.00. The van der Waals surface area contributed by atoms with Gasteiger partial charge in [0.05, 0.1) is 0 Å². The number of hydrogen-bond acceptors (Lipinski definition) is 0. The third-order valence-corrected chi connectivity index (χ3v) is 4.10. The topological polar surface area (TPSA) is 0 Å². The third-order valence-electron chi connectivity index (χ3n) is 4.10. The maximum Gasteiger partial charge on any atom is 0.123 e. The van der Waals surface area contributed by atoms with Crippen LogP contribution in [0.15, 0.2) is 91.0 Å². The summed E-state index contributed by atoms with van der Waals surface area (Å²) >= 11 is 0. The van der Waals surface area contributed by atoms with Crippen LogP contribution in [-0.2, 0) is 0 Å². The van der Waals surface area contributed by atoms with Gasteiger partial charge in [0.2, 0.25) is 0 Å². The van der Waals surface area contributed by atoms with Crippen molar-refractivity contribution in [3.8, 4) is 22.3 Å².